The zero-order chi connectivity index (χ0) is 14.7. The van der Waals surface area contributed by atoms with E-state index in [4.69, 9.17) is 23.1 Å². The lowest BCUT2D eigenvalue weighted by Crippen LogP contribution is -2.01. The van der Waals surface area contributed by atoms with E-state index in [1.54, 1.807) is 0 Å². The van der Waals surface area contributed by atoms with Crippen molar-refractivity contribution in [1.82, 2.24) is 4.98 Å². The molecule has 0 saturated carbocycles. The molecule has 1 aromatic heterocycles. The lowest BCUT2D eigenvalue weighted by molar-refractivity contribution is 1.06. The zero-order valence-corrected chi connectivity index (χ0v) is 12.4. The van der Waals surface area contributed by atoms with Gasteiger partial charge in [-0.15, -0.1) is 0 Å². The van der Waals surface area contributed by atoms with E-state index >= 15 is 0 Å². The molecule has 0 spiro atoms. The summed E-state index contributed by atoms with van der Waals surface area (Å²) >= 11 is 7.59. The Morgan fingerprint density at radius 3 is 2.70 bits per heavy atom. The van der Waals surface area contributed by atoms with Crippen molar-refractivity contribution in [3.63, 3.8) is 0 Å². The van der Waals surface area contributed by atoms with Gasteiger partial charge in [-0.25, -0.2) is 4.98 Å². The summed E-state index contributed by atoms with van der Waals surface area (Å²) in [6, 6.07) is 11.1. The number of aromatic nitrogens is 1. The van der Waals surface area contributed by atoms with E-state index in [1.807, 2.05) is 31.2 Å². The summed E-state index contributed by atoms with van der Waals surface area (Å²) in [5.41, 5.74) is 13.2. The second-order valence-electron chi connectivity index (χ2n) is 4.21. The van der Waals surface area contributed by atoms with Crippen LogP contribution in [0.1, 0.15) is 23.3 Å². The van der Waals surface area contributed by atoms with Gasteiger partial charge in [-0.1, -0.05) is 41.6 Å². The number of nitrogen functional groups attached to an aromatic ring is 2. The van der Waals surface area contributed by atoms with Gasteiger partial charge in [-0.3, -0.25) is 0 Å². The molecule has 1 unspecified atom stereocenters. The second kappa shape index (κ2) is 6.04. The fourth-order valence-electron chi connectivity index (χ4n) is 1.79. The van der Waals surface area contributed by atoms with E-state index in [9.17, 15) is 5.26 Å². The fourth-order valence-corrected chi connectivity index (χ4v) is 3.26. The molecule has 1 heterocycles. The number of nitriles is 1. The van der Waals surface area contributed by atoms with Crippen LogP contribution in [-0.4, -0.2) is 4.98 Å². The minimum absolute atomic E-state index is 0.0319. The van der Waals surface area contributed by atoms with Crippen LogP contribution in [0.3, 0.4) is 0 Å². The third-order valence-electron chi connectivity index (χ3n) is 2.78. The molecule has 0 aliphatic carbocycles. The first-order valence-electron chi connectivity index (χ1n) is 5.90. The number of hydrogen-bond acceptors (Lipinski definition) is 5. The van der Waals surface area contributed by atoms with E-state index in [0.717, 1.165) is 5.56 Å². The topological polar surface area (TPSA) is 88.7 Å². The van der Waals surface area contributed by atoms with Crippen LogP contribution < -0.4 is 11.5 Å². The van der Waals surface area contributed by atoms with Gasteiger partial charge < -0.3 is 11.5 Å². The molecule has 4 nitrogen and oxygen atoms in total. The van der Waals surface area contributed by atoms with E-state index in [1.165, 1.54) is 17.8 Å². The molecule has 1 atom stereocenters. The molecule has 0 aliphatic heterocycles. The number of nitrogens with zero attached hydrogens (tertiary/aromatic N) is 2. The Hall–Kier alpha value is -1.90. The molecule has 0 fully saturated rings. The van der Waals surface area contributed by atoms with E-state index in [0.29, 0.717) is 27.1 Å². The molecule has 2 rings (SSSR count). The first kappa shape index (κ1) is 14.5. The van der Waals surface area contributed by atoms with Crippen LogP contribution in [0, 0.1) is 11.3 Å². The van der Waals surface area contributed by atoms with Gasteiger partial charge in [0.25, 0.3) is 0 Å². The molecular weight excluding hydrogens is 292 g/mol. The molecule has 0 bridgehead atoms. The van der Waals surface area contributed by atoms with Gasteiger partial charge in [0, 0.05) is 16.3 Å². The van der Waals surface area contributed by atoms with Crippen molar-refractivity contribution >= 4 is 34.9 Å². The van der Waals surface area contributed by atoms with Crippen LogP contribution in [0.5, 0.6) is 0 Å². The molecular formula is C14H13ClN4S. The van der Waals surface area contributed by atoms with Gasteiger partial charge in [0.1, 0.15) is 22.5 Å². The van der Waals surface area contributed by atoms with E-state index in [-0.39, 0.29) is 5.25 Å². The predicted octanol–water partition coefficient (Wildman–Crippen LogP) is 3.62. The van der Waals surface area contributed by atoms with Crippen molar-refractivity contribution in [1.29, 1.82) is 5.26 Å². The highest BCUT2D eigenvalue weighted by Crippen LogP contribution is 2.39. The number of benzene rings is 1. The Morgan fingerprint density at radius 2 is 2.05 bits per heavy atom. The highest BCUT2D eigenvalue weighted by Gasteiger charge is 2.16. The molecule has 0 aliphatic rings. The third kappa shape index (κ3) is 2.98. The summed E-state index contributed by atoms with van der Waals surface area (Å²) < 4.78 is 0. The van der Waals surface area contributed by atoms with Crippen LogP contribution in [-0.2, 0) is 0 Å². The van der Waals surface area contributed by atoms with Crippen molar-refractivity contribution in [2.24, 2.45) is 0 Å². The molecule has 1 aromatic carbocycles. The highest BCUT2D eigenvalue weighted by molar-refractivity contribution is 7.99. The Bertz CT molecular complexity index is 681. The quantitative estimate of drug-likeness (QED) is 0.845. The maximum atomic E-state index is 9.18. The van der Waals surface area contributed by atoms with E-state index in [2.05, 4.69) is 11.1 Å². The van der Waals surface area contributed by atoms with Gasteiger partial charge in [-0.2, -0.15) is 5.26 Å². The largest absolute Gasteiger partial charge is 0.397 e. The predicted molar refractivity (Wildman–Crippen MR) is 83.5 cm³/mol. The van der Waals surface area contributed by atoms with Gasteiger partial charge in [0.2, 0.25) is 0 Å². The van der Waals surface area contributed by atoms with Crippen molar-refractivity contribution in [2.75, 3.05) is 11.5 Å². The number of thioether (sulfide) groups is 1. The minimum Gasteiger partial charge on any atom is -0.397 e. The third-order valence-corrected chi connectivity index (χ3v) is 4.25. The number of halogens is 1. The van der Waals surface area contributed by atoms with E-state index < -0.39 is 0 Å². The average Bonchev–Trinajstić information content (AvgIpc) is 2.38. The molecule has 6 heteroatoms. The summed E-state index contributed by atoms with van der Waals surface area (Å²) in [5.74, 6) is 0.301. The minimum atomic E-state index is 0.0319. The SMILES string of the molecule is CC(Sc1nc(N)cc(N)c1C#N)c1ccccc1Cl. The van der Waals surface area contributed by atoms with Crippen LogP contribution in [0.25, 0.3) is 0 Å². The van der Waals surface area contributed by atoms with Gasteiger partial charge >= 0.3 is 0 Å². The first-order chi connectivity index (χ1) is 9.52. The Kier molecular flexibility index (Phi) is 4.38. The van der Waals surface area contributed by atoms with Gasteiger partial charge in [0.15, 0.2) is 0 Å². The van der Waals surface area contributed by atoms with Crippen molar-refractivity contribution in [2.45, 2.75) is 17.2 Å². The summed E-state index contributed by atoms with van der Waals surface area (Å²) in [4.78, 5) is 4.20. The maximum Gasteiger partial charge on any atom is 0.126 e. The number of nitrogens with two attached hydrogens (primary N) is 2. The van der Waals surface area contributed by atoms with Crippen LogP contribution in [0.15, 0.2) is 35.4 Å². The Labute approximate surface area is 126 Å². The number of pyridine rings is 1. The summed E-state index contributed by atoms with van der Waals surface area (Å²) in [6.45, 7) is 1.99. The Balaban J connectivity index is 2.36. The summed E-state index contributed by atoms with van der Waals surface area (Å²) in [6.07, 6.45) is 0. The van der Waals surface area contributed by atoms with Crippen LogP contribution >= 0.6 is 23.4 Å². The molecule has 0 saturated heterocycles. The van der Waals surface area contributed by atoms with Gasteiger partial charge in [0.05, 0.1) is 5.69 Å². The number of hydrogen-bond donors (Lipinski definition) is 2. The number of rotatable bonds is 3. The second-order valence-corrected chi connectivity index (χ2v) is 5.95. The lowest BCUT2D eigenvalue weighted by atomic mass is 10.2. The normalized spacial score (nSPS) is 11.8. The first-order valence-corrected chi connectivity index (χ1v) is 7.16. The van der Waals surface area contributed by atoms with Crippen molar-refractivity contribution < 1.29 is 0 Å². The average molecular weight is 305 g/mol. The molecule has 4 N–H and O–H groups in total. The zero-order valence-electron chi connectivity index (χ0n) is 10.8. The smallest absolute Gasteiger partial charge is 0.126 e. The summed E-state index contributed by atoms with van der Waals surface area (Å²) in [7, 11) is 0. The number of anilines is 2. The fraction of sp³-hybridized carbons (Fsp3) is 0.143. The molecule has 20 heavy (non-hydrogen) atoms. The maximum absolute atomic E-state index is 9.18. The highest BCUT2D eigenvalue weighted by atomic mass is 35.5. The van der Waals surface area contributed by atoms with Crippen molar-refractivity contribution in [3.8, 4) is 6.07 Å². The molecule has 0 radical (unpaired) electrons. The standard InChI is InChI=1S/C14H13ClN4S/c1-8(9-4-2-3-5-11(9)15)20-14-10(7-16)12(17)6-13(18)19-14/h2-6,8H,1H3,(H4,17,18,19). The monoisotopic (exact) mass is 304 g/mol. The Morgan fingerprint density at radius 1 is 1.35 bits per heavy atom. The molecule has 102 valence electrons. The van der Waals surface area contributed by atoms with Gasteiger partial charge in [-0.05, 0) is 18.6 Å². The van der Waals surface area contributed by atoms with Crippen LogP contribution in [0.2, 0.25) is 5.02 Å². The lowest BCUT2D eigenvalue weighted by Gasteiger charge is -2.14. The molecule has 0 amide bonds. The van der Waals surface area contributed by atoms with Crippen molar-refractivity contribution in [3.05, 3.63) is 46.5 Å². The molecule has 2 aromatic rings. The summed E-state index contributed by atoms with van der Waals surface area (Å²) in [5, 5.41) is 10.4. The van der Waals surface area contributed by atoms with Crippen LogP contribution in [0.4, 0.5) is 11.5 Å².